The Bertz CT molecular complexity index is 662. The molecule has 0 radical (unpaired) electrons. The number of methoxy groups -OCH3 is 2. The monoisotopic (exact) mass is 342 g/mol. The van der Waals surface area contributed by atoms with Crippen LogP contribution in [0.15, 0.2) is 30.9 Å². The molecule has 1 aromatic carbocycles. The van der Waals surface area contributed by atoms with Gasteiger partial charge in [0.25, 0.3) is 0 Å². The van der Waals surface area contributed by atoms with Crippen molar-refractivity contribution in [2.45, 2.75) is 11.3 Å². The minimum atomic E-state index is -3.58. The number of hydrogen-bond acceptors (Lipinski definition) is 6. The van der Waals surface area contributed by atoms with Crippen LogP contribution in [-0.4, -0.2) is 53.1 Å². The van der Waals surface area contributed by atoms with E-state index in [2.05, 4.69) is 11.3 Å². The van der Waals surface area contributed by atoms with Crippen molar-refractivity contribution in [1.82, 2.24) is 9.79 Å². The third kappa shape index (κ3) is 3.50. The summed E-state index contributed by atoms with van der Waals surface area (Å²) in [6.07, 6.45) is 1.50. The third-order valence-corrected chi connectivity index (χ3v) is 5.53. The number of rotatable bonds is 7. The lowest BCUT2D eigenvalue weighted by Crippen LogP contribution is -2.39. The molecule has 1 saturated heterocycles. The van der Waals surface area contributed by atoms with Gasteiger partial charge in [0, 0.05) is 19.2 Å². The second-order valence-corrected chi connectivity index (χ2v) is 7.07. The second-order valence-electron chi connectivity index (χ2n) is 5.09. The molecule has 0 bridgehead atoms. The summed E-state index contributed by atoms with van der Waals surface area (Å²) in [5.74, 6) is 1.04. The first kappa shape index (κ1) is 17.7. The second kappa shape index (κ2) is 7.31. The smallest absolute Gasteiger partial charge is 0.219 e. The molecule has 0 amide bonds. The van der Waals surface area contributed by atoms with E-state index in [4.69, 9.17) is 14.3 Å². The summed E-state index contributed by atoms with van der Waals surface area (Å²) in [6, 6.07) is 4.86. The summed E-state index contributed by atoms with van der Waals surface area (Å²) in [6.45, 7) is 3.76. The van der Waals surface area contributed by atoms with Gasteiger partial charge >= 0.3 is 0 Å². The Morgan fingerprint density at radius 1 is 1.43 bits per heavy atom. The SMILES string of the molecule is C=CCNS(=O)(=O)C1CON(C)C1c1cccc(OC)c1OC. The fourth-order valence-electron chi connectivity index (χ4n) is 2.68. The highest BCUT2D eigenvalue weighted by Gasteiger charge is 2.44. The number of hydroxylamine groups is 2. The van der Waals surface area contributed by atoms with Crippen molar-refractivity contribution in [3.8, 4) is 11.5 Å². The molecule has 0 aliphatic carbocycles. The van der Waals surface area contributed by atoms with Crippen LogP contribution in [-0.2, 0) is 14.9 Å². The van der Waals surface area contributed by atoms with Crippen LogP contribution in [0.2, 0.25) is 0 Å². The zero-order valence-corrected chi connectivity index (χ0v) is 14.3. The average molecular weight is 342 g/mol. The highest BCUT2D eigenvalue weighted by atomic mass is 32.2. The predicted octanol–water partition coefficient (Wildman–Crippen LogP) is 1.10. The Hall–Kier alpha value is -1.61. The molecule has 1 fully saturated rings. The van der Waals surface area contributed by atoms with Gasteiger partial charge in [0.1, 0.15) is 5.25 Å². The number of benzene rings is 1. The third-order valence-electron chi connectivity index (χ3n) is 3.77. The van der Waals surface area contributed by atoms with Crippen LogP contribution in [0.5, 0.6) is 11.5 Å². The summed E-state index contributed by atoms with van der Waals surface area (Å²) in [4.78, 5) is 5.46. The van der Waals surface area contributed by atoms with E-state index in [1.165, 1.54) is 25.4 Å². The summed E-state index contributed by atoms with van der Waals surface area (Å²) in [5.41, 5.74) is 0.695. The van der Waals surface area contributed by atoms with Gasteiger partial charge in [-0.1, -0.05) is 18.2 Å². The van der Waals surface area contributed by atoms with Crippen LogP contribution in [0.1, 0.15) is 11.6 Å². The van der Waals surface area contributed by atoms with Gasteiger partial charge in [-0.3, -0.25) is 4.84 Å². The maximum atomic E-state index is 12.5. The highest BCUT2D eigenvalue weighted by Crippen LogP contribution is 2.41. The van der Waals surface area contributed by atoms with E-state index in [1.54, 1.807) is 19.2 Å². The van der Waals surface area contributed by atoms with Gasteiger partial charge in [-0.05, 0) is 6.07 Å². The van der Waals surface area contributed by atoms with E-state index in [-0.39, 0.29) is 13.2 Å². The molecule has 7 nitrogen and oxygen atoms in total. The standard InChI is InChI=1S/C15H22N2O5S/c1-5-9-16-23(18,19)13-10-22-17(2)14(13)11-7-6-8-12(20-3)15(11)21-4/h5-8,13-14,16H,1,9-10H2,2-4H3. The molecule has 1 aromatic rings. The summed E-state index contributed by atoms with van der Waals surface area (Å²) >= 11 is 0. The molecular weight excluding hydrogens is 320 g/mol. The lowest BCUT2D eigenvalue weighted by molar-refractivity contribution is -0.110. The van der Waals surface area contributed by atoms with Crippen molar-refractivity contribution in [2.24, 2.45) is 0 Å². The molecule has 2 atom stereocenters. The quantitative estimate of drug-likeness (QED) is 0.748. The lowest BCUT2D eigenvalue weighted by atomic mass is 10.0. The Kier molecular flexibility index (Phi) is 5.64. The Labute approximate surface area is 136 Å². The Morgan fingerprint density at radius 3 is 2.78 bits per heavy atom. The fraction of sp³-hybridized carbons (Fsp3) is 0.467. The van der Waals surface area contributed by atoms with Gasteiger partial charge < -0.3 is 9.47 Å². The summed E-state index contributed by atoms with van der Waals surface area (Å²) in [7, 11) is 1.18. The van der Waals surface area contributed by atoms with Crippen LogP contribution in [0.25, 0.3) is 0 Å². The van der Waals surface area contributed by atoms with Gasteiger partial charge in [-0.2, -0.15) is 5.06 Å². The van der Waals surface area contributed by atoms with Crippen LogP contribution in [0.4, 0.5) is 0 Å². The number of ether oxygens (including phenoxy) is 2. The molecule has 2 rings (SSSR count). The van der Waals surface area contributed by atoms with E-state index in [9.17, 15) is 8.42 Å². The molecule has 0 aromatic heterocycles. The molecule has 0 spiro atoms. The number of nitrogens with one attached hydrogen (secondary N) is 1. The van der Waals surface area contributed by atoms with Crippen molar-refractivity contribution in [1.29, 1.82) is 0 Å². The molecule has 1 N–H and O–H groups in total. The predicted molar refractivity (Wildman–Crippen MR) is 86.9 cm³/mol. The number of para-hydroxylation sites is 1. The molecule has 1 aliphatic rings. The van der Waals surface area contributed by atoms with Crippen molar-refractivity contribution in [3.05, 3.63) is 36.4 Å². The molecule has 8 heteroatoms. The first-order chi connectivity index (χ1) is 11.0. The molecule has 128 valence electrons. The highest BCUT2D eigenvalue weighted by molar-refractivity contribution is 7.90. The van der Waals surface area contributed by atoms with Crippen molar-refractivity contribution >= 4 is 10.0 Å². The van der Waals surface area contributed by atoms with E-state index < -0.39 is 21.3 Å². The number of sulfonamides is 1. The lowest BCUT2D eigenvalue weighted by Gasteiger charge is -2.25. The molecule has 23 heavy (non-hydrogen) atoms. The zero-order chi connectivity index (χ0) is 17.0. The fourth-order valence-corrected chi connectivity index (χ4v) is 4.14. The normalized spacial score (nSPS) is 22.0. The first-order valence-electron chi connectivity index (χ1n) is 7.12. The van der Waals surface area contributed by atoms with Gasteiger partial charge in [0.2, 0.25) is 10.0 Å². The van der Waals surface area contributed by atoms with Gasteiger partial charge in [-0.25, -0.2) is 13.1 Å². The number of hydrogen-bond donors (Lipinski definition) is 1. The van der Waals surface area contributed by atoms with E-state index in [0.29, 0.717) is 17.1 Å². The van der Waals surface area contributed by atoms with Crippen LogP contribution in [0.3, 0.4) is 0 Å². The van der Waals surface area contributed by atoms with Gasteiger partial charge in [-0.15, -0.1) is 6.58 Å². The van der Waals surface area contributed by atoms with Crippen LogP contribution < -0.4 is 14.2 Å². The number of nitrogens with zero attached hydrogens (tertiary/aromatic N) is 1. The average Bonchev–Trinajstić information content (AvgIpc) is 2.94. The maximum absolute atomic E-state index is 12.5. The largest absolute Gasteiger partial charge is 0.493 e. The van der Waals surface area contributed by atoms with E-state index in [1.807, 2.05) is 6.07 Å². The van der Waals surface area contributed by atoms with Crippen molar-refractivity contribution in [3.63, 3.8) is 0 Å². The first-order valence-corrected chi connectivity index (χ1v) is 8.67. The Balaban J connectivity index is 2.45. The van der Waals surface area contributed by atoms with E-state index >= 15 is 0 Å². The minimum Gasteiger partial charge on any atom is -0.493 e. The summed E-state index contributed by atoms with van der Waals surface area (Å²) in [5, 5.41) is 0.767. The summed E-state index contributed by atoms with van der Waals surface area (Å²) < 4.78 is 38.3. The minimum absolute atomic E-state index is 0.0635. The van der Waals surface area contributed by atoms with Crippen molar-refractivity contribution in [2.75, 3.05) is 34.4 Å². The maximum Gasteiger partial charge on any atom is 0.219 e. The van der Waals surface area contributed by atoms with E-state index in [0.717, 1.165) is 0 Å². The van der Waals surface area contributed by atoms with Crippen LogP contribution >= 0.6 is 0 Å². The van der Waals surface area contributed by atoms with Crippen LogP contribution in [0, 0.1) is 0 Å². The topological polar surface area (TPSA) is 77.1 Å². The molecule has 0 saturated carbocycles. The van der Waals surface area contributed by atoms with Gasteiger partial charge in [0.05, 0.1) is 26.9 Å². The Morgan fingerprint density at radius 2 is 2.17 bits per heavy atom. The molecule has 1 heterocycles. The molecular formula is C15H22N2O5S. The molecule has 1 aliphatic heterocycles. The van der Waals surface area contributed by atoms with Gasteiger partial charge in [0.15, 0.2) is 11.5 Å². The molecule has 2 unspecified atom stereocenters. The van der Waals surface area contributed by atoms with Crippen molar-refractivity contribution < 1.29 is 22.7 Å². The zero-order valence-electron chi connectivity index (χ0n) is 13.5.